The van der Waals surface area contributed by atoms with Crippen LogP contribution in [0.1, 0.15) is 20.3 Å². The molecule has 110 valence electrons. The number of rotatable bonds is 7. The molecule has 0 radical (unpaired) electrons. The minimum Gasteiger partial charge on any atom is -0.481 e. The number of carboxylic acid groups (broad SMARTS) is 1. The van der Waals surface area contributed by atoms with Crippen molar-refractivity contribution >= 4 is 27.8 Å². The number of carbonyl (C=O) groups is 2. The third-order valence-electron chi connectivity index (χ3n) is 2.79. The summed E-state index contributed by atoms with van der Waals surface area (Å²) in [4.78, 5) is 22.4. The Hall–Kier alpha value is -1.56. The van der Waals surface area contributed by atoms with Gasteiger partial charge in [-0.05, 0) is 37.6 Å². The van der Waals surface area contributed by atoms with E-state index in [2.05, 4.69) is 21.2 Å². The molecule has 0 bridgehead atoms. The van der Waals surface area contributed by atoms with E-state index in [0.717, 1.165) is 4.47 Å². The number of nitrogens with one attached hydrogen (secondary N) is 1. The maximum atomic E-state index is 11.8. The number of ether oxygens (including phenoxy) is 1. The largest absolute Gasteiger partial charge is 0.481 e. The Morgan fingerprint density at radius 1 is 1.30 bits per heavy atom. The molecular weight excluding hydrogens is 326 g/mol. The van der Waals surface area contributed by atoms with E-state index in [1.54, 1.807) is 26.0 Å². The molecule has 0 spiro atoms. The number of carbonyl (C=O) groups excluding carboxylic acids is 1. The summed E-state index contributed by atoms with van der Waals surface area (Å²) in [6, 6.07) is 7.18. The van der Waals surface area contributed by atoms with Gasteiger partial charge in [-0.1, -0.05) is 22.9 Å². The first-order valence-electron chi connectivity index (χ1n) is 6.33. The number of hydrogen-bond donors (Lipinski definition) is 2. The molecule has 1 aromatic rings. The molecule has 0 aromatic heterocycles. The van der Waals surface area contributed by atoms with Crippen LogP contribution >= 0.6 is 15.9 Å². The fourth-order valence-corrected chi connectivity index (χ4v) is 1.71. The van der Waals surface area contributed by atoms with E-state index in [0.29, 0.717) is 18.7 Å². The van der Waals surface area contributed by atoms with Crippen LogP contribution in [0, 0.1) is 5.92 Å². The minimum atomic E-state index is -0.863. The predicted molar refractivity (Wildman–Crippen MR) is 78.7 cm³/mol. The van der Waals surface area contributed by atoms with Crippen LogP contribution in [0.3, 0.4) is 0 Å². The van der Waals surface area contributed by atoms with Crippen LogP contribution < -0.4 is 10.1 Å². The van der Waals surface area contributed by atoms with Gasteiger partial charge in [0.15, 0.2) is 6.10 Å². The molecule has 0 aliphatic heterocycles. The zero-order valence-corrected chi connectivity index (χ0v) is 13.0. The normalized spacial score (nSPS) is 13.3. The van der Waals surface area contributed by atoms with Crippen molar-refractivity contribution in [3.8, 4) is 5.75 Å². The summed E-state index contributed by atoms with van der Waals surface area (Å²) in [6.07, 6.45) is -0.233. The van der Waals surface area contributed by atoms with E-state index in [4.69, 9.17) is 9.84 Å². The molecule has 1 rings (SSSR count). The van der Waals surface area contributed by atoms with Gasteiger partial charge in [0.05, 0.1) is 5.92 Å². The Balaban J connectivity index is 2.35. The molecule has 1 amide bonds. The lowest BCUT2D eigenvalue weighted by atomic mass is 10.1. The lowest BCUT2D eigenvalue weighted by molar-refractivity contribution is -0.141. The molecule has 2 unspecified atom stereocenters. The van der Waals surface area contributed by atoms with Crippen molar-refractivity contribution in [2.45, 2.75) is 26.4 Å². The molecule has 0 saturated carbocycles. The molecule has 1 aromatic carbocycles. The van der Waals surface area contributed by atoms with E-state index in [1.807, 2.05) is 12.1 Å². The SMILES string of the molecule is CC(CCNC(=O)C(C)Oc1ccc(Br)cc1)C(=O)O. The van der Waals surface area contributed by atoms with E-state index in [1.165, 1.54) is 0 Å². The van der Waals surface area contributed by atoms with Gasteiger partial charge < -0.3 is 15.2 Å². The van der Waals surface area contributed by atoms with Crippen LogP contribution in [0.25, 0.3) is 0 Å². The van der Waals surface area contributed by atoms with Gasteiger partial charge in [-0.25, -0.2) is 0 Å². The van der Waals surface area contributed by atoms with Gasteiger partial charge in [-0.3, -0.25) is 9.59 Å². The summed E-state index contributed by atoms with van der Waals surface area (Å²) in [5, 5.41) is 11.4. The van der Waals surface area contributed by atoms with Crippen LogP contribution in [-0.4, -0.2) is 29.6 Å². The second kappa shape index (κ2) is 7.89. The Morgan fingerprint density at radius 2 is 1.90 bits per heavy atom. The Kier molecular flexibility index (Phi) is 6.51. The maximum Gasteiger partial charge on any atom is 0.306 e. The number of benzene rings is 1. The zero-order chi connectivity index (χ0) is 15.1. The second-order valence-electron chi connectivity index (χ2n) is 4.53. The molecular formula is C14H18BrNO4. The highest BCUT2D eigenvalue weighted by Gasteiger charge is 2.16. The van der Waals surface area contributed by atoms with Crippen LogP contribution in [0.15, 0.2) is 28.7 Å². The molecule has 2 atom stereocenters. The van der Waals surface area contributed by atoms with Gasteiger partial charge in [0.2, 0.25) is 0 Å². The number of carboxylic acids is 1. The summed E-state index contributed by atoms with van der Waals surface area (Å²) in [6.45, 7) is 3.58. The van der Waals surface area contributed by atoms with Gasteiger partial charge in [0, 0.05) is 11.0 Å². The van der Waals surface area contributed by atoms with Crippen molar-refractivity contribution in [3.63, 3.8) is 0 Å². The van der Waals surface area contributed by atoms with Crippen molar-refractivity contribution in [3.05, 3.63) is 28.7 Å². The first-order valence-corrected chi connectivity index (χ1v) is 7.12. The molecule has 6 heteroatoms. The van der Waals surface area contributed by atoms with Crippen molar-refractivity contribution in [2.24, 2.45) is 5.92 Å². The third kappa shape index (κ3) is 5.61. The van der Waals surface area contributed by atoms with Gasteiger partial charge >= 0.3 is 5.97 Å². The Labute approximate surface area is 126 Å². The van der Waals surface area contributed by atoms with Crippen molar-refractivity contribution in [1.29, 1.82) is 0 Å². The number of hydrogen-bond acceptors (Lipinski definition) is 3. The van der Waals surface area contributed by atoms with Crippen LogP contribution in [0.5, 0.6) is 5.75 Å². The number of halogens is 1. The minimum absolute atomic E-state index is 0.259. The number of amides is 1. The van der Waals surface area contributed by atoms with E-state index >= 15 is 0 Å². The fraction of sp³-hybridized carbons (Fsp3) is 0.429. The van der Waals surface area contributed by atoms with Gasteiger partial charge in [0.1, 0.15) is 5.75 Å². The van der Waals surface area contributed by atoms with Gasteiger partial charge in [0.25, 0.3) is 5.91 Å². The van der Waals surface area contributed by atoms with Gasteiger partial charge in [-0.2, -0.15) is 0 Å². The average Bonchev–Trinajstić information content (AvgIpc) is 2.40. The molecule has 0 heterocycles. The average molecular weight is 344 g/mol. The topological polar surface area (TPSA) is 75.6 Å². The third-order valence-corrected chi connectivity index (χ3v) is 3.32. The molecule has 0 fully saturated rings. The highest BCUT2D eigenvalue weighted by Crippen LogP contribution is 2.17. The van der Waals surface area contributed by atoms with E-state index in [9.17, 15) is 9.59 Å². The molecule has 2 N–H and O–H groups in total. The smallest absolute Gasteiger partial charge is 0.306 e. The van der Waals surface area contributed by atoms with Crippen molar-refractivity contribution in [1.82, 2.24) is 5.32 Å². The summed E-state index contributed by atoms with van der Waals surface area (Å²) in [7, 11) is 0. The fourth-order valence-electron chi connectivity index (χ4n) is 1.45. The molecule has 20 heavy (non-hydrogen) atoms. The summed E-state index contributed by atoms with van der Waals surface area (Å²) in [5.41, 5.74) is 0. The van der Waals surface area contributed by atoms with Crippen LogP contribution in [-0.2, 0) is 9.59 Å². The monoisotopic (exact) mass is 343 g/mol. The second-order valence-corrected chi connectivity index (χ2v) is 5.45. The number of aliphatic carboxylic acids is 1. The maximum absolute atomic E-state index is 11.8. The lowest BCUT2D eigenvalue weighted by Gasteiger charge is -2.15. The predicted octanol–water partition coefficient (Wildman–Crippen LogP) is 2.44. The summed E-state index contributed by atoms with van der Waals surface area (Å²) >= 11 is 3.32. The molecule has 0 aliphatic carbocycles. The van der Waals surface area contributed by atoms with Crippen LogP contribution in [0.4, 0.5) is 0 Å². The van der Waals surface area contributed by atoms with Gasteiger partial charge in [-0.15, -0.1) is 0 Å². The Morgan fingerprint density at radius 3 is 2.45 bits per heavy atom. The Bertz CT molecular complexity index is 461. The van der Waals surface area contributed by atoms with E-state index < -0.39 is 18.0 Å². The highest BCUT2D eigenvalue weighted by atomic mass is 79.9. The molecule has 5 nitrogen and oxygen atoms in total. The first-order chi connectivity index (χ1) is 9.40. The molecule has 0 saturated heterocycles. The van der Waals surface area contributed by atoms with Crippen molar-refractivity contribution < 1.29 is 19.4 Å². The summed E-state index contributed by atoms with van der Waals surface area (Å²) < 4.78 is 6.42. The van der Waals surface area contributed by atoms with E-state index in [-0.39, 0.29) is 5.91 Å². The highest BCUT2D eigenvalue weighted by molar-refractivity contribution is 9.10. The standard InChI is InChI=1S/C14H18BrNO4/c1-9(14(18)19)7-8-16-13(17)10(2)20-12-5-3-11(15)4-6-12/h3-6,9-10H,7-8H2,1-2H3,(H,16,17)(H,18,19). The lowest BCUT2D eigenvalue weighted by Crippen LogP contribution is -2.37. The van der Waals surface area contributed by atoms with Crippen molar-refractivity contribution in [2.75, 3.05) is 6.54 Å². The summed E-state index contributed by atoms with van der Waals surface area (Å²) in [5.74, 6) is -0.989. The van der Waals surface area contributed by atoms with Crippen LogP contribution in [0.2, 0.25) is 0 Å². The quantitative estimate of drug-likeness (QED) is 0.797. The molecule has 0 aliphatic rings. The first kappa shape index (κ1) is 16.5. The zero-order valence-electron chi connectivity index (χ0n) is 11.4.